The summed E-state index contributed by atoms with van der Waals surface area (Å²) in [4.78, 5) is 24.0. The molecule has 0 aromatic rings. The smallest absolute Gasteiger partial charge is 0.407 e. The van der Waals surface area contributed by atoms with E-state index in [-0.39, 0.29) is 5.97 Å². The molecule has 0 saturated carbocycles. The van der Waals surface area contributed by atoms with E-state index in [4.69, 9.17) is 9.47 Å². The van der Waals surface area contributed by atoms with E-state index in [0.717, 1.165) is 38.5 Å². The fourth-order valence-electron chi connectivity index (χ4n) is 2.66. The van der Waals surface area contributed by atoms with Gasteiger partial charge in [0.1, 0.15) is 6.04 Å². The van der Waals surface area contributed by atoms with Gasteiger partial charge in [-0.25, -0.2) is 9.59 Å². The molecule has 0 saturated heterocycles. The number of rotatable bonds is 17. The van der Waals surface area contributed by atoms with Crippen LogP contribution >= 0.6 is 0 Å². The van der Waals surface area contributed by atoms with Gasteiger partial charge in [-0.05, 0) is 19.3 Å². The van der Waals surface area contributed by atoms with E-state index < -0.39 is 12.1 Å². The summed E-state index contributed by atoms with van der Waals surface area (Å²) < 4.78 is 10.4. The van der Waals surface area contributed by atoms with Gasteiger partial charge in [0.2, 0.25) is 0 Å². The zero-order valence-corrected chi connectivity index (χ0v) is 17.3. The number of carbonyl (C=O) groups excluding carboxylic acids is 2. The maximum absolute atomic E-state index is 12.2. The third kappa shape index (κ3) is 15.0. The Morgan fingerprint density at radius 1 is 0.692 bits per heavy atom. The van der Waals surface area contributed by atoms with Crippen LogP contribution in [0.25, 0.3) is 0 Å². The Morgan fingerprint density at radius 2 is 1.23 bits per heavy atom. The van der Waals surface area contributed by atoms with E-state index >= 15 is 0 Å². The van der Waals surface area contributed by atoms with Gasteiger partial charge >= 0.3 is 12.1 Å². The molecule has 5 nitrogen and oxygen atoms in total. The molecule has 0 radical (unpaired) electrons. The van der Waals surface area contributed by atoms with Crippen molar-refractivity contribution in [1.29, 1.82) is 0 Å². The van der Waals surface area contributed by atoms with Crippen LogP contribution in [0.1, 0.15) is 104 Å². The van der Waals surface area contributed by atoms with E-state index in [0.29, 0.717) is 19.6 Å². The van der Waals surface area contributed by atoms with Gasteiger partial charge in [-0.15, -0.1) is 0 Å². The van der Waals surface area contributed by atoms with Crippen molar-refractivity contribution in [1.82, 2.24) is 5.32 Å². The fraction of sp³-hybridized carbons (Fsp3) is 0.905. The molecule has 0 aromatic carbocycles. The van der Waals surface area contributed by atoms with Gasteiger partial charge in [0.05, 0.1) is 13.2 Å². The van der Waals surface area contributed by atoms with Crippen LogP contribution in [-0.4, -0.2) is 31.3 Å². The Kier molecular flexibility index (Phi) is 17.6. The lowest BCUT2D eigenvalue weighted by Gasteiger charge is -2.17. The molecule has 1 N–H and O–H groups in total. The molecule has 0 rings (SSSR count). The molecule has 5 heteroatoms. The van der Waals surface area contributed by atoms with Crippen LogP contribution < -0.4 is 5.32 Å². The molecule has 0 aliphatic rings. The highest BCUT2D eigenvalue weighted by Gasteiger charge is 2.22. The van der Waals surface area contributed by atoms with Crippen molar-refractivity contribution in [2.24, 2.45) is 0 Å². The Balaban J connectivity index is 3.94. The summed E-state index contributed by atoms with van der Waals surface area (Å²) in [5, 5.41) is 2.66. The molecule has 1 amide bonds. The fourth-order valence-corrected chi connectivity index (χ4v) is 2.66. The van der Waals surface area contributed by atoms with Crippen LogP contribution in [0.15, 0.2) is 0 Å². The van der Waals surface area contributed by atoms with Gasteiger partial charge in [0.25, 0.3) is 0 Å². The van der Waals surface area contributed by atoms with Gasteiger partial charge in [-0.3, -0.25) is 0 Å². The lowest BCUT2D eigenvalue weighted by atomic mass is 10.1. The molecule has 0 heterocycles. The number of carbonyl (C=O) groups is 2. The van der Waals surface area contributed by atoms with Crippen molar-refractivity contribution in [3.8, 4) is 0 Å². The second kappa shape index (κ2) is 18.5. The number of esters is 1. The maximum Gasteiger partial charge on any atom is 0.407 e. The van der Waals surface area contributed by atoms with E-state index in [1.54, 1.807) is 0 Å². The Labute approximate surface area is 160 Å². The largest absolute Gasteiger partial charge is 0.464 e. The monoisotopic (exact) mass is 371 g/mol. The van der Waals surface area contributed by atoms with Crippen molar-refractivity contribution in [2.75, 3.05) is 13.2 Å². The van der Waals surface area contributed by atoms with Crippen molar-refractivity contribution >= 4 is 12.1 Å². The number of amides is 1. The van der Waals surface area contributed by atoms with E-state index in [1.807, 2.05) is 6.92 Å². The molecule has 1 atom stereocenters. The lowest BCUT2D eigenvalue weighted by Crippen LogP contribution is -2.42. The average Bonchev–Trinajstić information content (AvgIpc) is 2.63. The topological polar surface area (TPSA) is 64.6 Å². The van der Waals surface area contributed by atoms with Crippen LogP contribution in [0, 0.1) is 0 Å². The van der Waals surface area contributed by atoms with E-state index in [1.165, 1.54) is 38.5 Å². The number of alkyl carbamates (subject to hydrolysis) is 1. The molecule has 0 fully saturated rings. The van der Waals surface area contributed by atoms with Gasteiger partial charge < -0.3 is 14.8 Å². The summed E-state index contributed by atoms with van der Waals surface area (Å²) >= 11 is 0. The Hall–Kier alpha value is -1.26. The quantitative estimate of drug-likeness (QED) is 0.261. The summed E-state index contributed by atoms with van der Waals surface area (Å²) in [5.74, 6) is -0.339. The van der Waals surface area contributed by atoms with Crippen molar-refractivity contribution in [3.63, 3.8) is 0 Å². The van der Waals surface area contributed by atoms with Gasteiger partial charge in [-0.1, -0.05) is 85.0 Å². The molecule has 0 aliphatic heterocycles. The molecule has 26 heavy (non-hydrogen) atoms. The van der Waals surface area contributed by atoms with Crippen molar-refractivity contribution in [2.45, 2.75) is 110 Å². The zero-order chi connectivity index (χ0) is 19.5. The summed E-state index contributed by atoms with van der Waals surface area (Å²) in [6, 6.07) is -0.599. The van der Waals surface area contributed by atoms with Crippen LogP contribution in [0.3, 0.4) is 0 Å². The minimum absolute atomic E-state index is 0.339. The second-order valence-electron chi connectivity index (χ2n) is 6.97. The van der Waals surface area contributed by atoms with Gasteiger partial charge in [0, 0.05) is 0 Å². The SMILES string of the molecule is CCCCCCCCCCOC(=O)C(CCCC)NC(=O)OCCCC. The number of ether oxygens (including phenoxy) is 2. The molecular formula is C21H41NO4. The summed E-state index contributed by atoms with van der Waals surface area (Å²) in [6.45, 7) is 7.14. The lowest BCUT2D eigenvalue weighted by molar-refractivity contribution is -0.146. The van der Waals surface area contributed by atoms with Crippen molar-refractivity contribution in [3.05, 3.63) is 0 Å². The van der Waals surface area contributed by atoms with Crippen LogP contribution in [0.4, 0.5) is 4.79 Å². The van der Waals surface area contributed by atoms with Crippen LogP contribution in [0.2, 0.25) is 0 Å². The predicted molar refractivity (Wildman–Crippen MR) is 106 cm³/mol. The summed E-state index contributed by atoms with van der Waals surface area (Å²) in [7, 11) is 0. The first-order valence-electron chi connectivity index (χ1n) is 10.8. The number of unbranched alkanes of at least 4 members (excludes halogenated alkanes) is 9. The van der Waals surface area contributed by atoms with E-state index in [9.17, 15) is 9.59 Å². The van der Waals surface area contributed by atoms with Crippen molar-refractivity contribution < 1.29 is 19.1 Å². The maximum atomic E-state index is 12.2. The summed E-state index contributed by atoms with van der Waals surface area (Å²) in [5.41, 5.74) is 0. The Morgan fingerprint density at radius 3 is 1.85 bits per heavy atom. The van der Waals surface area contributed by atoms with Crippen LogP contribution in [-0.2, 0) is 14.3 Å². The molecule has 0 spiro atoms. The highest BCUT2D eigenvalue weighted by molar-refractivity contribution is 5.81. The molecule has 0 bridgehead atoms. The zero-order valence-electron chi connectivity index (χ0n) is 17.3. The van der Waals surface area contributed by atoms with Gasteiger partial charge in [0.15, 0.2) is 0 Å². The summed E-state index contributed by atoms with van der Waals surface area (Å²) in [6.07, 6.45) is 13.4. The molecule has 0 aromatic heterocycles. The third-order valence-electron chi connectivity index (χ3n) is 4.40. The number of hydrogen-bond donors (Lipinski definition) is 1. The number of hydrogen-bond acceptors (Lipinski definition) is 4. The first kappa shape index (κ1) is 24.7. The molecule has 0 aliphatic carbocycles. The third-order valence-corrected chi connectivity index (χ3v) is 4.40. The normalized spacial score (nSPS) is 11.8. The molecule has 1 unspecified atom stereocenters. The number of nitrogens with one attached hydrogen (secondary N) is 1. The molecule has 154 valence electrons. The predicted octanol–water partition coefficient (Wildman–Crippen LogP) is 5.76. The second-order valence-corrected chi connectivity index (χ2v) is 6.97. The standard InChI is InChI=1S/C21H41NO4/c1-4-7-10-11-12-13-14-15-18-25-20(23)19(16-8-5-2)22-21(24)26-17-9-6-3/h19H,4-18H2,1-3H3,(H,22,24). The highest BCUT2D eigenvalue weighted by atomic mass is 16.6. The van der Waals surface area contributed by atoms with Gasteiger partial charge in [-0.2, -0.15) is 0 Å². The molecular weight excluding hydrogens is 330 g/mol. The minimum atomic E-state index is -0.599. The van der Waals surface area contributed by atoms with E-state index in [2.05, 4.69) is 19.2 Å². The first-order valence-corrected chi connectivity index (χ1v) is 10.8. The highest BCUT2D eigenvalue weighted by Crippen LogP contribution is 2.09. The first-order chi connectivity index (χ1) is 12.7. The minimum Gasteiger partial charge on any atom is -0.464 e. The van der Waals surface area contributed by atoms with Crippen LogP contribution in [0.5, 0.6) is 0 Å². The Bertz CT molecular complexity index is 347. The average molecular weight is 372 g/mol.